The Labute approximate surface area is 225 Å². The molecule has 204 valence electrons. The SMILES string of the molecule is C.CS(=O)CCNC(=O)c1ccccc1Nc1nc(Nc2cccc(CCN3CCOCC3)c2)ncc1F. The summed E-state index contributed by atoms with van der Waals surface area (Å²) in [5, 5.41) is 8.78. The zero-order valence-electron chi connectivity index (χ0n) is 20.7. The molecule has 1 saturated heterocycles. The summed E-state index contributed by atoms with van der Waals surface area (Å²) in [4.78, 5) is 23.4. The monoisotopic (exact) mass is 542 g/mol. The number of ether oxygens (including phenoxy) is 1. The molecule has 1 fully saturated rings. The van der Waals surface area contributed by atoms with Crippen molar-refractivity contribution >= 4 is 39.8 Å². The van der Waals surface area contributed by atoms with Crippen LogP contribution in [0.15, 0.2) is 54.7 Å². The molecule has 0 aliphatic carbocycles. The van der Waals surface area contributed by atoms with Gasteiger partial charge < -0.3 is 20.7 Å². The van der Waals surface area contributed by atoms with Crippen LogP contribution in [0.4, 0.5) is 27.5 Å². The number of anilines is 4. The molecule has 1 aliphatic rings. The fraction of sp³-hybridized carbons (Fsp3) is 0.370. The fourth-order valence-electron chi connectivity index (χ4n) is 3.88. The second-order valence-electron chi connectivity index (χ2n) is 8.62. The van der Waals surface area contributed by atoms with E-state index in [1.807, 2.05) is 18.2 Å². The Morgan fingerprint density at radius 1 is 1.13 bits per heavy atom. The number of amides is 1. The summed E-state index contributed by atoms with van der Waals surface area (Å²) in [5.41, 5.74) is 2.69. The Balaban J connectivity index is 0.00000400. The van der Waals surface area contributed by atoms with Gasteiger partial charge in [-0.25, -0.2) is 9.37 Å². The number of para-hydroxylation sites is 1. The van der Waals surface area contributed by atoms with E-state index in [9.17, 15) is 13.4 Å². The first-order chi connectivity index (χ1) is 18.0. The zero-order valence-corrected chi connectivity index (χ0v) is 21.5. The Hall–Kier alpha value is -3.41. The van der Waals surface area contributed by atoms with E-state index in [4.69, 9.17) is 4.74 Å². The zero-order chi connectivity index (χ0) is 26.0. The van der Waals surface area contributed by atoms with Gasteiger partial charge in [0, 0.05) is 54.7 Å². The van der Waals surface area contributed by atoms with Crippen molar-refractivity contribution in [2.45, 2.75) is 13.8 Å². The van der Waals surface area contributed by atoms with Crippen LogP contribution >= 0.6 is 0 Å². The molecule has 1 aliphatic heterocycles. The van der Waals surface area contributed by atoms with Crippen LogP contribution in [0.5, 0.6) is 0 Å². The number of hydrogen-bond acceptors (Lipinski definition) is 8. The number of halogens is 1. The van der Waals surface area contributed by atoms with Crippen LogP contribution in [0.1, 0.15) is 23.3 Å². The first-order valence-corrected chi connectivity index (χ1v) is 13.8. The average molecular weight is 543 g/mol. The van der Waals surface area contributed by atoms with Crippen molar-refractivity contribution in [1.82, 2.24) is 20.2 Å². The van der Waals surface area contributed by atoms with E-state index in [1.165, 1.54) is 5.56 Å². The van der Waals surface area contributed by atoms with Gasteiger partial charge in [0.25, 0.3) is 5.91 Å². The molecular formula is C27H35FN6O3S. The maximum absolute atomic E-state index is 14.6. The molecule has 0 saturated carbocycles. The lowest BCUT2D eigenvalue weighted by Gasteiger charge is -2.26. The molecule has 1 aromatic heterocycles. The number of nitrogens with one attached hydrogen (secondary N) is 3. The average Bonchev–Trinajstić information content (AvgIpc) is 2.90. The van der Waals surface area contributed by atoms with E-state index in [1.54, 1.807) is 30.5 Å². The highest BCUT2D eigenvalue weighted by molar-refractivity contribution is 7.84. The molecule has 1 amide bonds. The van der Waals surface area contributed by atoms with E-state index in [0.717, 1.165) is 51.2 Å². The van der Waals surface area contributed by atoms with Crippen molar-refractivity contribution in [3.05, 3.63) is 71.7 Å². The minimum Gasteiger partial charge on any atom is -0.379 e. The molecule has 38 heavy (non-hydrogen) atoms. The summed E-state index contributed by atoms with van der Waals surface area (Å²) >= 11 is 0. The number of carbonyl (C=O) groups is 1. The van der Waals surface area contributed by atoms with E-state index >= 15 is 0 Å². The number of rotatable bonds is 11. The lowest BCUT2D eigenvalue weighted by molar-refractivity contribution is 0.0384. The minimum atomic E-state index is -1.01. The molecule has 9 nitrogen and oxygen atoms in total. The summed E-state index contributed by atoms with van der Waals surface area (Å²) < 4.78 is 31.3. The normalized spacial score (nSPS) is 14.3. The molecule has 0 bridgehead atoms. The summed E-state index contributed by atoms with van der Waals surface area (Å²) in [6.07, 6.45) is 3.56. The van der Waals surface area contributed by atoms with Crippen LogP contribution in [0.2, 0.25) is 0 Å². The second kappa shape index (κ2) is 14.5. The predicted octanol–water partition coefficient (Wildman–Crippen LogP) is 3.72. The first kappa shape index (κ1) is 29.2. The van der Waals surface area contributed by atoms with Crippen LogP contribution in [-0.2, 0) is 22.0 Å². The molecular weight excluding hydrogens is 507 g/mol. The Kier molecular flexibility index (Phi) is 11.1. The van der Waals surface area contributed by atoms with Gasteiger partial charge in [0.05, 0.1) is 30.7 Å². The van der Waals surface area contributed by atoms with Gasteiger partial charge in [-0.15, -0.1) is 0 Å². The molecule has 2 heterocycles. The van der Waals surface area contributed by atoms with E-state index in [-0.39, 0.29) is 31.6 Å². The first-order valence-electron chi connectivity index (χ1n) is 12.1. The van der Waals surface area contributed by atoms with Gasteiger partial charge in [0.15, 0.2) is 11.6 Å². The molecule has 1 unspecified atom stereocenters. The van der Waals surface area contributed by atoms with Crippen molar-refractivity contribution in [1.29, 1.82) is 0 Å². The third kappa shape index (κ3) is 8.57. The Bertz CT molecular complexity index is 1240. The molecule has 2 aromatic carbocycles. The molecule has 4 rings (SSSR count). The smallest absolute Gasteiger partial charge is 0.253 e. The summed E-state index contributed by atoms with van der Waals surface area (Å²) in [6.45, 7) is 4.67. The van der Waals surface area contributed by atoms with Crippen LogP contribution in [0.3, 0.4) is 0 Å². The van der Waals surface area contributed by atoms with Crippen LogP contribution in [-0.4, -0.2) is 76.4 Å². The van der Waals surface area contributed by atoms with Crippen molar-refractivity contribution < 1.29 is 18.1 Å². The molecule has 3 aromatic rings. The fourth-order valence-corrected chi connectivity index (χ4v) is 4.27. The largest absolute Gasteiger partial charge is 0.379 e. The third-order valence-corrected chi connectivity index (χ3v) is 6.63. The Morgan fingerprint density at radius 3 is 2.71 bits per heavy atom. The number of hydrogen-bond donors (Lipinski definition) is 3. The molecule has 3 N–H and O–H groups in total. The van der Waals surface area contributed by atoms with Crippen LogP contribution in [0, 0.1) is 5.82 Å². The van der Waals surface area contributed by atoms with Crippen LogP contribution < -0.4 is 16.0 Å². The number of carbonyl (C=O) groups excluding carboxylic acids is 1. The highest BCUT2D eigenvalue weighted by atomic mass is 32.2. The van der Waals surface area contributed by atoms with Gasteiger partial charge in [-0.2, -0.15) is 4.98 Å². The van der Waals surface area contributed by atoms with Gasteiger partial charge in [-0.05, 0) is 36.2 Å². The van der Waals surface area contributed by atoms with Crippen molar-refractivity contribution in [3.63, 3.8) is 0 Å². The predicted molar refractivity (Wildman–Crippen MR) is 150 cm³/mol. The van der Waals surface area contributed by atoms with Gasteiger partial charge >= 0.3 is 0 Å². The van der Waals surface area contributed by atoms with Gasteiger partial charge in [-0.1, -0.05) is 31.7 Å². The molecule has 0 spiro atoms. The lowest BCUT2D eigenvalue weighted by atomic mass is 10.1. The maximum atomic E-state index is 14.6. The van der Waals surface area contributed by atoms with Gasteiger partial charge in [-0.3, -0.25) is 13.9 Å². The van der Waals surface area contributed by atoms with Crippen molar-refractivity contribution in [2.24, 2.45) is 0 Å². The van der Waals surface area contributed by atoms with Gasteiger partial charge in [0.1, 0.15) is 0 Å². The van der Waals surface area contributed by atoms with E-state index < -0.39 is 16.6 Å². The topological polar surface area (TPSA) is 108 Å². The standard InChI is InChI=1S/C26H31FN6O3S.CH4/c1-37(35)16-10-28-25(34)21-7-2-3-8-23(21)31-24-22(27)18-29-26(32-24)30-20-6-4-5-19(17-20)9-11-33-12-14-36-15-13-33;/h2-8,17-18H,9-16H2,1H3,(H,28,34)(H2,29,30,31,32);1H4. The van der Waals surface area contributed by atoms with Crippen LogP contribution in [0.25, 0.3) is 0 Å². The highest BCUT2D eigenvalue weighted by Gasteiger charge is 2.15. The second-order valence-corrected chi connectivity index (χ2v) is 10.2. The molecule has 1 atom stereocenters. The summed E-state index contributed by atoms with van der Waals surface area (Å²) in [5.74, 6) is -0.486. The highest BCUT2D eigenvalue weighted by Crippen LogP contribution is 2.23. The molecule has 11 heteroatoms. The minimum absolute atomic E-state index is 0. The van der Waals surface area contributed by atoms with E-state index in [2.05, 4.69) is 36.9 Å². The van der Waals surface area contributed by atoms with Crippen molar-refractivity contribution in [3.8, 4) is 0 Å². The summed E-state index contributed by atoms with van der Waals surface area (Å²) in [6, 6.07) is 14.7. The number of morpholine rings is 1. The van der Waals surface area contributed by atoms with E-state index in [0.29, 0.717) is 17.0 Å². The maximum Gasteiger partial charge on any atom is 0.253 e. The molecule has 0 radical (unpaired) electrons. The number of benzene rings is 2. The number of nitrogens with zero attached hydrogens (tertiary/aromatic N) is 3. The lowest BCUT2D eigenvalue weighted by Crippen LogP contribution is -2.37. The third-order valence-electron chi connectivity index (χ3n) is 5.85. The summed E-state index contributed by atoms with van der Waals surface area (Å²) in [7, 11) is -1.01. The van der Waals surface area contributed by atoms with Crippen molar-refractivity contribution in [2.75, 3.05) is 62.0 Å². The number of aromatic nitrogens is 2. The van der Waals surface area contributed by atoms with Gasteiger partial charge in [0.2, 0.25) is 5.95 Å². The quantitative estimate of drug-likeness (QED) is 0.337. The Morgan fingerprint density at radius 2 is 1.92 bits per heavy atom.